The number of aromatic nitrogens is 1. The number of hydrogen-bond acceptors (Lipinski definition) is 5. The van der Waals surface area contributed by atoms with Crippen LogP contribution in [-0.4, -0.2) is 18.2 Å². The van der Waals surface area contributed by atoms with E-state index in [4.69, 9.17) is 19.6 Å². The van der Waals surface area contributed by atoms with Crippen molar-refractivity contribution in [2.24, 2.45) is 0 Å². The Labute approximate surface area is 111 Å². The van der Waals surface area contributed by atoms with E-state index in [1.165, 1.54) is 5.56 Å². The second-order valence-corrected chi connectivity index (χ2v) is 4.51. The third-order valence-corrected chi connectivity index (χ3v) is 3.05. The monoisotopic (exact) mass is 260 g/mol. The zero-order valence-electron chi connectivity index (χ0n) is 10.6. The summed E-state index contributed by atoms with van der Waals surface area (Å²) >= 11 is 0. The quantitative estimate of drug-likeness (QED) is 0.916. The van der Waals surface area contributed by atoms with Gasteiger partial charge in [0.1, 0.15) is 6.26 Å². The fourth-order valence-corrected chi connectivity index (χ4v) is 2.07. The maximum Gasteiger partial charge on any atom is 0.292 e. The highest BCUT2D eigenvalue weighted by Gasteiger charge is 2.11. The van der Waals surface area contributed by atoms with Gasteiger partial charge in [0.25, 0.3) is 6.01 Å². The minimum atomic E-state index is 0.216. The molecule has 0 spiro atoms. The number of hydrogen-bond donors (Lipinski definition) is 1. The Morgan fingerprint density at radius 2 is 1.95 bits per heavy atom. The summed E-state index contributed by atoms with van der Waals surface area (Å²) < 4.78 is 16.2. The van der Waals surface area contributed by atoms with Crippen LogP contribution in [0.15, 0.2) is 28.9 Å². The van der Waals surface area contributed by atoms with E-state index in [-0.39, 0.29) is 6.01 Å². The zero-order chi connectivity index (χ0) is 13.1. The molecule has 0 unspecified atom stereocenters. The van der Waals surface area contributed by atoms with Gasteiger partial charge in [-0.3, -0.25) is 0 Å². The molecule has 2 heterocycles. The average Bonchev–Trinajstić information content (AvgIpc) is 2.70. The van der Waals surface area contributed by atoms with E-state index in [9.17, 15) is 0 Å². The lowest BCUT2D eigenvalue weighted by Gasteiger charge is -2.08. The Kier molecular flexibility index (Phi) is 3.27. The van der Waals surface area contributed by atoms with Gasteiger partial charge in [-0.15, -0.1) is 0 Å². The van der Waals surface area contributed by atoms with Gasteiger partial charge < -0.3 is 19.6 Å². The molecule has 0 fully saturated rings. The number of benzene rings is 1. The predicted molar refractivity (Wildman–Crippen MR) is 70.4 cm³/mol. The van der Waals surface area contributed by atoms with Crippen molar-refractivity contribution in [1.82, 2.24) is 4.98 Å². The van der Waals surface area contributed by atoms with Gasteiger partial charge in [-0.1, -0.05) is 6.07 Å². The zero-order valence-corrected chi connectivity index (χ0v) is 10.6. The Bertz CT molecular complexity index is 566. The molecule has 1 aromatic carbocycles. The number of nitrogens with two attached hydrogens (primary N) is 1. The molecule has 0 bridgehead atoms. The SMILES string of the molecule is Nc1nc(CCc2ccc3c(c2)OCCCO3)co1. The summed E-state index contributed by atoms with van der Waals surface area (Å²) in [6, 6.07) is 6.27. The van der Waals surface area contributed by atoms with Crippen LogP contribution in [-0.2, 0) is 12.8 Å². The lowest BCUT2D eigenvalue weighted by Crippen LogP contribution is -1.97. The molecule has 0 radical (unpaired) electrons. The van der Waals surface area contributed by atoms with Crippen molar-refractivity contribution >= 4 is 6.01 Å². The van der Waals surface area contributed by atoms with Crippen LogP contribution in [0.4, 0.5) is 6.01 Å². The van der Waals surface area contributed by atoms with Crippen LogP contribution < -0.4 is 15.2 Å². The summed E-state index contributed by atoms with van der Waals surface area (Å²) in [5, 5.41) is 0. The fraction of sp³-hybridized carbons (Fsp3) is 0.357. The van der Waals surface area contributed by atoms with Crippen LogP contribution in [0.3, 0.4) is 0 Å². The molecule has 1 aromatic heterocycles. The third-order valence-electron chi connectivity index (χ3n) is 3.05. The number of ether oxygens (including phenoxy) is 2. The molecular weight excluding hydrogens is 244 g/mol. The highest BCUT2D eigenvalue weighted by Crippen LogP contribution is 2.30. The van der Waals surface area contributed by atoms with E-state index in [2.05, 4.69) is 11.1 Å². The lowest BCUT2D eigenvalue weighted by molar-refractivity contribution is 0.297. The molecule has 100 valence electrons. The maximum atomic E-state index is 5.67. The van der Waals surface area contributed by atoms with Crippen LogP contribution in [0.1, 0.15) is 17.7 Å². The molecule has 0 saturated carbocycles. The first-order chi connectivity index (χ1) is 9.31. The normalized spacial score (nSPS) is 14.1. The van der Waals surface area contributed by atoms with Crippen molar-refractivity contribution < 1.29 is 13.9 Å². The van der Waals surface area contributed by atoms with E-state index in [0.29, 0.717) is 13.2 Å². The Morgan fingerprint density at radius 1 is 1.11 bits per heavy atom. The van der Waals surface area contributed by atoms with Crippen molar-refractivity contribution in [3.8, 4) is 11.5 Å². The van der Waals surface area contributed by atoms with Gasteiger partial charge >= 0.3 is 0 Å². The summed E-state index contributed by atoms with van der Waals surface area (Å²) in [5.41, 5.74) is 7.49. The number of fused-ring (bicyclic) bond motifs is 1. The molecular formula is C14H16N2O3. The average molecular weight is 260 g/mol. The Morgan fingerprint density at radius 3 is 2.74 bits per heavy atom. The summed E-state index contributed by atoms with van der Waals surface area (Å²) in [4.78, 5) is 4.08. The number of rotatable bonds is 3. The molecule has 0 atom stereocenters. The summed E-state index contributed by atoms with van der Waals surface area (Å²) in [6.45, 7) is 1.42. The van der Waals surface area contributed by atoms with E-state index in [1.54, 1.807) is 6.26 Å². The maximum absolute atomic E-state index is 5.67. The smallest absolute Gasteiger partial charge is 0.292 e. The second-order valence-electron chi connectivity index (χ2n) is 4.51. The van der Waals surface area contributed by atoms with Crippen molar-refractivity contribution in [1.29, 1.82) is 0 Å². The number of aryl methyl sites for hydroxylation is 2. The van der Waals surface area contributed by atoms with Gasteiger partial charge in [-0.25, -0.2) is 0 Å². The summed E-state index contributed by atoms with van der Waals surface area (Å²) in [7, 11) is 0. The van der Waals surface area contributed by atoms with Gasteiger partial charge in [0.05, 0.1) is 18.9 Å². The fourth-order valence-electron chi connectivity index (χ4n) is 2.07. The molecule has 5 heteroatoms. The minimum Gasteiger partial charge on any atom is -0.490 e. The van der Waals surface area contributed by atoms with Gasteiger partial charge in [0.2, 0.25) is 0 Å². The number of oxazole rings is 1. The van der Waals surface area contributed by atoms with E-state index in [1.807, 2.05) is 12.1 Å². The first-order valence-corrected chi connectivity index (χ1v) is 6.40. The van der Waals surface area contributed by atoms with Crippen LogP contribution in [0, 0.1) is 0 Å². The van der Waals surface area contributed by atoms with Crippen molar-refractivity contribution in [2.75, 3.05) is 18.9 Å². The van der Waals surface area contributed by atoms with E-state index >= 15 is 0 Å². The van der Waals surface area contributed by atoms with Crippen molar-refractivity contribution in [3.63, 3.8) is 0 Å². The molecule has 0 aliphatic carbocycles. The third kappa shape index (κ3) is 2.81. The number of anilines is 1. The lowest BCUT2D eigenvalue weighted by atomic mass is 10.1. The predicted octanol–water partition coefficient (Wildman–Crippen LogP) is 2.20. The molecule has 3 rings (SSSR count). The molecule has 0 saturated heterocycles. The first kappa shape index (κ1) is 11.9. The largest absolute Gasteiger partial charge is 0.490 e. The Hall–Kier alpha value is -2.17. The van der Waals surface area contributed by atoms with Crippen LogP contribution in [0.25, 0.3) is 0 Å². The molecule has 1 aliphatic rings. The standard InChI is InChI=1S/C14H16N2O3/c15-14-16-11(9-19-14)4-2-10-3-5-12-13(8-10)18-7-1-6-17-12/h3,5,8-9H,1-2,4,6-7H2,(H2,15,16). The molecule has 19 heavy (non-hydrogen) atoms. The second kappa shape index (κ2) is 5.22. The highest BCUT2D eigenvalue weighted by atomic mass is 16.5. The van der Waals surface area contributed by atoms with Gasteiger partial charge in [0, 0.05) is 6.42 Å². The van der Waals surface area contributed by atoms with E-state index in [0.717, 1.165) is 36.5 Å². The highest BCUT2D eigenvalue weighted by molar-refractivity contribution is 5.43. The van der Waals surface area contributed by atoms with E-state index < -0.39 is 0 Å². The molecule has 0 amide bonds. The molecule has 5 nitrogen and oxygen atoms in total. The van der Waals surface area contributed by atoms with Crippen molar-refractivity contribution in [3.05, 3.63) is 35.7 Å². The van der Waals surface area contributed by atoms with Crippen LogP contribution >= 0.6 is 0 Å². The van der Waals surface area contributed by atoms with Crippen molar-refractivity contribution in [2.45, 2.75) is 19.3 Å². The number of nitrogen functional groups attached to an aromatic ring is 1. The minimum absolute atomic E-state index is 0.216. The Balaban J connectivity index is 1.69. The molecule has 2 aromatic rings. The molecule has 2 N–H and O–H groups in total. The summed E-state index contributed by atoms with van der Waals surface area (Å²) in [6.07, 6.45) is 4.17. The van der Waals surface area contributed by atoms with Gasteiger partial charge in [-0.05, 0) is 30.5 Å². The van der Waals surface area contributed by atoms with Gasteiger partial charge in [0.15, 0.2) is 11.5 Å². The summed E-state index contributed by atoms with van der Waals surface area (Å²) in [5.74, 6) is 1.65. The van der Waals surface area contributed by atoms with Gasteiger partial charge in [-0.2, -0.15) is 4.98 Å². The van der Waals surface area contributed by atoms with Crippen LogP contribution in [0.5, 0.6) is 11.5 Å². The number of nitrogens with zero attached hydrogens (tertiary/aromatic N) is 1. The van der Waals surface area contributed by atoms with Crippen LogP contribution in [0.2, 0.25) is 0 Å². The first-order valence-electron chi connectivity index (χ1n) is 6.40. The topological polar surface area (TPSA) is 70.5 Å². The molecule has 1 aliphatic heterocycles.